The van der Waals surface area contributed by atoms with Gasteiger partial charge in [-0.1, -0.05) is 0 Å². The number of sulfonamides is 1. The fourth-order valence-corrected chi connectivity index (χ4v) is 4.08. The van der Waals surface area contributed by atoms with Crippen molar-refractivity contribution in [2.24, 2.45) is 0 Å². The van der Waals surface area contributed by atoms with Crippen molar-refractivity contribution >= 4 is 10.0 Å². The third-order valence-electron chi connectivity index (χ3n) is 4.48. The molecule has 0 spiro atoms. The van der Waals surface area contributed by atoms with Gasteiger partial charge in [-0.25, -0.2) is 22.2 Å². The highest BCUT2D eigenvalue weighted by molar-refractivity contribution is 7.89. The standard InChI is InChI=1S/C19H18FN3O4S/c1-27-18-9-12(8-17(20)19(18)24)13-10-21-23(11-13)15-4-6-16(7-5-15)28(25,26)22-14-2-3-14/h4-11,14,22,24H,2-3H2,1H3. The minimum atomic E-state index is -3.51. The third kappa shape index (κ3) is 3.58. The van der Waals surface area contributed by atoms with Crippen LogP contribution in [-0.4, -0.2) is 36.5 Å². The lowest BCUT2D eigenvalue weighted by molar-refractivity contribution is 0.357. The molecule has 1 aliphatic carbocycles. The zero-order valence-electron chi connectivity index (χ0n) is 15.0. The van der Waals surface area contributed by atoms with E-state index >= 15 is 0 Å². The molecular weight excluding hydrogens is 385 g/mol. The molecule has 3 aromatic rings. The number of hydrogen-bond acceptors (Lipinski definition) is 5. The van der Waals surface area contributed by atoms with Gasteiger partial charge < -0.3 is 9.84 Å². The number of phenols is 1. The van der Waals surface area contributed by atoms with Crippen molar-refractivity contribution < 1.29 is 22.7 Å². The summed E-state index contributed by atoms with van der Waals surface area (Å²) in [6, 6.07) is 9.08. The van der Waals surface area contributed by atoms with Crippen molar-refractivity contribution in [3.8, 4) is 28.3 Å². The molecule has 7 nitrogen and oxygen atoms in total. The number of nitrogens with zero attached hydrogens (tertiary/aromatic N) is 2. The van der Waals surface area contributed by atoms with Gasteiger partial charge >= 0.3 is 0 Å². The van der Waals surface area contributed by atoms with E-state index in [1.165, 1.54) is 31.4 Å². The van der Waals surface area contributed by atoms with Crippen LogP contribution < -0.4 is 9.46 Å². The molecule has 0 unspecified atom stereocenters. The lowest BCUT2D eigenvalue weighted by atomic mass is 10.1. The molecule has 0 radical (unpaired) electrons. The van der Waals surface area contributed by atoms with E-state index in [0.717, 1.165) is 12.8 Å². The van der Waals surface area contributed by atoms with Crippen LogP contribution in [0.2, 0.25) is 0 Å². The molecular formula is C19H18FN3O4S. The number of aromatic nitrogens is 2. The van der Waals surface area contributed by atoms with Crippen LogP contribution in [0.4, 0.5) is 4.39 Å². The maximum absolute atomic E-state index is 13.9. The molecule has 0 bridgehead atoms. The Morgan fingerprint density at radius 1 is 1.21 bits per heavy atom. The number of benzene rings is 2. The molecule has 28 heavy (non-hydrogen) atoms. The molecule has 1 fully saturated rings. The molecule has 2 N–H and O–H groups in total. The number of aromatic hydroxyl groups is 1. The summed E-state index contributed by atoms with van der Waals surface area (Å²) < 4.78 is 47.5. The minimum absolute atomic E-state index is 0.0282. The number of hydrogen-bond donors (Lipinski definition) is 2. The monoisotopic (exact) mass is 403 g/mol. The Bertz CT molecular complexity index is 1120. The summed E-state index contributed by atoms with van der Waals surface area (Å²) >= 11 is 0. The quantitative estimate of drug-likeness (QED) is 0.660. The average molecular weight is 403 g/mol. The molecule has 0 aliphatic heterocycles. The van der Waals surface area contributed by atoms with Gasteiger partial charge in [-0.2, -0.15) is 5.10 Å². The van der Waals surface area contributed by atoms with Gasteiger partial charge in [0.25, 0.3) is 0 Å². The number of rotatable bonds is 6. The second-order valence-corrected chi connectivity index (χ2v) is 8.29. The summed E-state index contributed by atoms with van der Waals surface area (Å²) in [7, 11) is -2.17. The first-order chi connectivity index (χ1) is 13.4. The van der Waals surface area contributed by atoms with Gasteiger partial charge in [0.1, 0.15) is 0 Å². The van der Waals surface area contributed by atoms with Gasteiger partial charge in [0.05, 0.1) is 23.9 Å². The Morgan fingerprint density at radius 2 is 1.93 bits per heavy atom. The van der Waals surface area contributed by atoms with Crippen LogP contribution in [0.3, 0.4) is 0 Å². The fourth-order valence-electron chi connectivity index (χ4n) is 2.78. The Morgan fingerprint density at radius 3 is 2.57 bits per heavy atom. The van der Waals surface area contributed by atoms with Gasteiger partial charge in [-0.3, -0.25) is 0 Å². The van der Waals surface area contributed by atoms with Crippen molar-refractivity contribution in [3.05, 3.63) is 54.6 Å². The Balaban J connectivity index is 1.60. The maximum atomic E-state index is 13.9. The van der Waals surface area contributed by atoms with Crippen LogP contribution >= 0.6 is 0 Å². The smallest absolute Gasteiger partial charge is 0.240 e. The molecule has 1 aromatic heterocycles. The second-order valence-electron chi connectivity index (χ2n) is 6.57. The zero-order chi connectivity index (χ0) is 19.9. The molecule has 0 atom stereocenters. The van der Waals surface area contributed by atoms with Crippen molar-refractivity contribution in [2.45, 2.75) is 23.8 Å². The van der Waals surface area contributed by atoms with E-state index in [2.05, 4.69) is 9.82 Å². The number of nitrogens with one attached hydrogen (secondary N) is 1. The predicted octanol–water partition coefficient (Wildman–Crippen LogP) is 2.83. The van der Waals surface area contributed by atoms with Gasteiger partial charge in [-0.05, 0) is 54.8 Å². The summed E-state index contributed by atoms with van der Waals surface area (Å²) in [4.78, 5) is 0.195. The van der Waals surface area contributed by atoms with Crippen molar-refractivity contribution in [1.29, 1.82) is 0 Å². The molecule has 4 rings (SSSR count). The molecule has 9 heteroatoms. The van der Waals surface area contributed by atoms with E-state index in [0.29, 0.717) is 16.8 Å². The first-order valence-electron chi connectivity index (χ1n) is 8.62. The SMILES string of the molecule is COc1cc(-c2cnn(-c3ccc(S(=O)(=O)NC4CC4)cc3)c2)cc(F)c1O. The highest BCUT2D eigenvalue weighted by Gasteiger charge is 2.27. The van der Waals surface area contributed by atoms with Crippen LogP contribution in [-0.2, 0) is 10.0 Å². The first kappa shape index (κ1) is 18.5. The minimum Gasteiger partial charge on any atom is -0.502 e. The number of ether oxygens (including phenoxy) is 1. The van der Waals surface area contributed by atoms with Gasteiger partial charge in [-0.15, -0.1) is 0 Å². The van der Waals surface area contributed by atoms with E-state index in [9.17, 15) is 17.9 Å². The lowest BCUT2D eigenvalue weighted by Crippen LogP contribution is -2.25. The summed E-state index contributed by atoms with van der Waals surface area (Å²) in [6.07, 6.45) is 4.97. The molecule has 0 saturated heterocycles. The van der Waals surface area contributed by atoms with Crippen molar-refractivity contribution in [3.63, 3.8) is 0 Å². The van der Waals surface area contributed by atoms with Crippen molar-refractivity contribution in [1.82, 2.24) is 14.5 Å². The van der Waals surface area contributed by atoms with Crippen LogP contribution in [0, 0.1) is 5.82 Å². The number of phenolic OH excluding ortho intramolecular Hbond substituents is 1. The average Bonchev–Trinajstić information content (AvgIpc) is 3.34. The second kappa shape index (κ2) is 6.92. The van der Waals surface area contributed by atoms with Gasteiger partial charge in [0.2, 0.25) is 10.0 Å². The number of methoxy groups -OCH3 is 1. The highest BCUT2D eigenvalue weighted by Crippen LogP contribution is 2.34. The predicted molar refractivity (Wildman–Crippen MR) is 101 cm³/mol. The van der Waals surface area contributed by atoms with E-state index in [-0.39, 0.29) is 16.7 Å². The van der Waals surface area contributed by atoms with Crippen LogP contribution in [0.15, 0.2) is 53.7 Å². The van der Waals surface area contributed by atoms with Gasteiger partial charge in [0, 0.05) is 17.8 Å². The summed E-state index contributed by atoms with van der Waals surface area (Å²) in [5.41, 5.74) is 1.76. The number of halogens is 1. The summed E-state index contributed by atoms with van der Waals surface area (Å²) in [5.74, 6) is -1.31. The van der Waals surface area contributed by atoms with E-state index in [4.69, 9.17) is 4.74 Å². The molecule has 1 heterocycles. The Hall–Kier alpha value is -2.91. The van der Waals surface area contributed by atoms with Crippen LogP contribution in [0.25, 0.3) is 16.8 Å². The van der Waals surface area contributed by atoms with Crippen LogP contribution in [0.1, 0.15) is 12.8 Å². The van der Waals surface area contributed by atoms with E-state index in [1.54, 1.807) is 29.2 Å². The largest absolute Gasteiger partial charge is 0.502 e. The molecule has 2 aromatic carbocycles. The molecule has 146 valence electrons. The molecule has 1 aliphatic rings. The van der Waals surface area contributed by atoms with Gasteiger partial charge in [0.15, 0.2) is 17.3 Å². The third-order valence-corrected chi connectivity index (χ3v) is 6.01. The lowest BCUT2D eigenvalue weighted by Gasteiger charge is -2.07. The molecule has 1 saturated carbocycles. The maximum Gasteiger partial charge on any atom is 0.240 e. The summed E-state index contributed by atoms with van der Waals surface area (Å²) in [6.45, 7) is 0. The normalized spacial score (nSPS) is 14.2. The van der Waals surface area contributed by atoms with Crippen molar-refractivity contribution in [2.75, 3.05) is 7.11 Å². The highest BCUT2D eigenvalue weighted by atomic mass is 32.2. The molecule has 0 amide bonds. The Kier molecular flexibility index (Phi) is 4.56. The van der Waals surface area contributed by atoms with E-state index < -0.39 is 21.6 Å². The first-order valence-corrected chi connectivity index (χ1v) is 10.1. The fraction of sp³-hybridized carbons (Fsp3) is 0.211. The zero-order valence-corrected chi connectivity index (χ0v) is 15.8. The summed E-state index contributed by atoms with van der Waals surface area (Å²) in [5, 5.41) is 13.9. The topological polar surface area (TPSA) is 93.5 Å². The van der Waals surface area contributed by atoms with E-state index in [1.807, 2.05) is 0 Å². The Labute approximate surface area is 161 Å². The van der Waals surface area contributed by atoms with Crippen LogP contribution in [0.5, 0.6) is 11.5 Å².